The predicted octanol–water partition coefficient (Wildman–Crippen LogP) is 5.05. The van der Waals surface area contributed by atoms with Crippen LogP contribution in [0, 0.1) is 23.2 Å². The molecule has 16 nitrogen and oxygen atoms in total. The van der Waals surface area contributed by atoms with E-state index in [0.717, 1.165) is 47.5 Å². The molecule has 4 amide bonds. The number of carbonyl (C=O) groups excluding carboxylic acids is 6. The van der Waals surface area contributed by atoms with Crippen molar-refractivity contribution in [3.05, 3.63) is 66.1 Å². The van der Waals surface area contributed by atoms with Crippen LogP contribution in [0.2, 0.25) is 0 Å². The van der Waals surface area contributed by atoms with Crippen molar-refractivity contribution in [3.8, 4) is 22.4 Å². The highest BCUT2D eigenvalue weighted by molar-refractivity contribution is 7.91. The molecule has 2 aromatic carbocycles. The van der Waals surface area contributed by atoms with E-state index in [0.29, 0.717) is 18.4 Å². The van der Waals surface area contributed by atoms with Crippen LogP contribution >= 0.6 is 0 Å². The molecule has 5 atom stereocenters. The number of rotatable bonds is 14. The molecule has 1 spiro atoms. The smallest absolute Gasteiger partial charge is 0.407 e. The third-order valence-electron chi connectivity index (χ3n) is 12.8. The molecule has 3 aromatic rings. The van der Waals surface area contributed by atoms with Crippen molar-refractivity contribution in [2.75, 3.05) is 38.8 Å². The molecule has 2 unspecified atom stereocenters. The number of amides is 4. The van der Waals surface area contributed by atoms with Gasteiger partial charge in [-0.3, -0.25) is 19.2 Å². The number of imidazole rings is 1. The lowest BCUT2D eigenvalue weighted by Gasteiger charge is -2.33. The van der Waals surface area contributed by atoms with Crippen LogP contribution in [0.15, 0.2) is 54.7 Å². The summed E-state index contributed by atoms with van der Waals surface area (Å²) in [5.74, 6) is -1.48. The van der Waals surface area contributed by atoms with E-state index in [4.69, 9.17) is 9.47 Å². The fraction of sp³-hybridized carbons (Fsp3) is 0.533. The third-order valence-corrected chi connectivity index (χ3v) is 14.4. The SMILES string of the molecule is COC(=O)N[C@H](C(=O)C1CCC[C@H]1c1ncc(-c2ccc(-c3ccc(C(=O)CNC(=O)C4CC5(CCS(=O)(=O)CC5)CN4C(=O)[C@@H](NC(=O)OC)C(C)C)cc3)cc2)[nH]1)C(C)C. The molecule has 0 bridgehead atoms. The quantitative estimate of drug-likeness (QED) is 0.157. The molecular weight excluding hydrogens is 817 g/mol. The van der Waals surface area contributed by atoms with E-state index < -0.39 is 57.4 Å². The molecule has 3 aliphatic rings. The molecule has 4 N–H and O–H groups in total. The number of hydrogen-bond donors (Lipinski definition) is 4. The van der Waals surface area contributed by atoms with Crippen molar-refractivity contribution in [1.29, 1.82) is 0 Å². The summed E-state index contributed by atoms with van der Waals surface area (Å²) in [5, 5.41) is 8.00. The van der Waals surface area contributed by atoms with Crippen molar-refractivity contribution < 1.29 is 46.7 Å². The van der Waals surface area contributed by atoms with Gasteiger partial charge in [-0.1, -0.05) is 82.6 Å². The van der Waals surface area contributed by atoms with Crippen LogP contribution in [0.4, 0.5) is 9.59 Å². The summed E-state index contributed by atoms with van der Waals surface area (Å²) >= 11 is 0. The maximum Gasteiger partial charge on any atom is 0.407 e. The molecule has 1 aliphatic carbocycles. The second-order valence-corrected chi connectivity index (χ2v) is 19.9. The average molecular weight is 875 g/mol. The molecule has 6 rings (SSSR count). The molecule has 2 aliphatic heterocycles. The monoisotopic (exact) mass is 874 g/mol. The normalized spacial score (nSPS) is 21.3. The van der Waals surface area contributed by atoms with E-state index >= 15 is 0 Å². The summed E-state index contributed by atoms with van der Waals surface area (Å²) in [7, 11) is -0.744. The number of carbonyl (C=O) groups is 6. The Labute approximate surface area is 362 Å². The molecule has 2 saturated heterocycles. The molecule has 1 aromatic heterocycles. The Morgan fingerprint density at radius 2 is 1.39 bits per heavy atom. The van der Waals surface area contributed by atoms with Crippen LogP contribution in [-0.4, -0.2) is 116 Å². The molecule has 0 radical (unpaired) electrons. The first-order valence-electron chi connectivity index (χ1n) is 21.2. The first-order chi connectivity index (χ1) is 29.4. The average Bonchev–Trinajstić information content (AvgIpc) is 4.04. The minimum absolute atomic E-state index is 0.0148. The number of ether oxygens (including phenoxy) is 2. The summed E-state index contributed by atoms with van der Waals surface area (Å²) in [6.45, 7) is 7.17. The second kappa shape index (κ2) is 19.2. The van der Waals surface area contributed by atoms with Crippen LogP contribution in [0.5, 0.6) is 0 Å². The molecule has 334 valence electrons. The maximum absolute atomic E-state index is 13.9. The van der Waals surface area contributed by atoms with Crippen LogP contribution in [0.25, 0.3) is 22.4 Å². The molecule has 3 heterocycles. The Hall–Kier alpha value is -5.58. The number of H-pyrrole nitrogens is 1. The van der Waals surface area contributed by atoms with Gasteiger partial charge in [0.2, 0.25) is 11.8 Å². The van der Waals surface area contributed by atoms with Crippen molar-refractivity contribution in [2.24, 2.45) is 23.2 Å². The zero-order valence-corrected chi connectivity index (χ0v) is 37.0. The lowest BCUT2D eigenvalue weighted by atomic mass is 9.80. The van der Waals surface area contributed by atoms with E-state index in [1.807, 2.05) is 50.2 Å². The lowest BCUT2D eigenvalue weighted by molar-refractivity contribution is -0.140. The number of likely N-dealkylation sites (tertiary alicyclic amines) is 1. The number of nitrogens with one attached hydrogen (secondary N) is 4. The van der Waals surface area contributed by atoms with Crippen molar-refractivity contribution in [1.82, 2.24) is 30.8 Å². The van der Waals surface area contributed by atoms with Gasteiger partial charge < -0.3 is 35.3 Å². The summed E-state index contributed by atoms with van der Waals surface area (Å²) in [6.07, 6.45) is 3.61. The molecule has 17 heteroatoms. The first kappa shape index (κ1) is 45.9. The number of Topliss-reactive ketones (excluding diaryl/α,β-unsaturated/α-hetero) is 2. The minimum Gasteiger partial charge on any atom is -0.453 e. The van der Waals surface area contributed by atoms with Gasteiger partial charge in [0.1, 0.15) is 27.7 Å². The van der Waals surface area contributed by atoms with Gasteiger partial charge >= 0.3 is 12.2 Å². The van der Waals surface area contributed by atoms with Gasteiger partial charge in [0, 0.05) is 23.9 Å². The van der Waals surface area contributed by atoms with Gasteiger partial charge in [0.25, 0.3) is 0 Å². The molecule has 3 fully saturated rings. The number of aromatic amines is 1. The highest BCUT2D eigenvalue weighted by Crippen LogP contribution is 2.45. The topological polar surface area (TPSA) is 223 Å². The Morgan fingerprint density at radius 1 is 0.823 bits per heavy atom. The zero-order valence-electron chi connectivity index (χ0n) is 36.2. The Kier molecular flexibility index (Phi) is 14.2. The zero-order chi connectivity index (χ0) is 44.9. The minimum atomic E-state index is -3.22. The standard InChI is InChI=1S/C45H58N6O10S/c1-26(2)37(49-43(56)60-5)39(53)32-8-7-9-33(32)40-46-23-34(48-40)30-14-10-28(11-15-30)29-12-16-31(17-13-29)36(52)24-47-41(54)35-22-45(18-20-62(58,59)21-19-45)25-51(35)42(55)38(27(3)4)50-44(57)61-6/h10-17,23,26-27,32-33,35,37-38H,7-9,18-22,24-25H2,1-6H3,(H,46,48)(H,47,54)(H,49,56)(H,50,57)/t32?,33-,35?,37+,38+/m1/s1. The van der Waals surface area contributed by atoms with Gasteiger partial charge in [-0.15, -0.1) is 0 Å². The van der Waals surface area contributed by atoms with Crippen molar-refractivity contribution in [2.45, 2.75) is 90.3 Å². The number of sulfone groups is 1. The molecular formula is C45H58N6O10S. The fourth-order valence-corrected chi connectivity index (χ4v) is 10.8. The van der Waals surface area contributed by atoms with Crippen LogP contribution < -0.4 is 16.0 Å². The molecule has 62 heavy (non-hydrogen) atoms. The molecule has 1 saturated carbocycles. The summed E-state index contributed by atoms with van der Waals surface area (Å²) in [6, 6.07) is 12.3. The summed E-state index contributed by atoms with van der Waals surface area (Å²) in [4.78, 5) is 88.3. The Bertz CT molecular complexity index is 2240. The van der Waals surface area contributed by atoms with Crippen LogP contribution in [0.1, 0.15) is 88.3 Å². The van der Waals surface area contributed by atoms with E-state index in [2.05, 4.69) is 25.9 Å². The van der Waals surface area contributed by atoms with Crippen LogP contribution in [0.3, 0.4) is 0 Å². The van der Waals surface area contributed by atoms with E-state index in [-0.39, 0.29) is 66.3 Å². The number of ketones is 2. The summed E-state index contributed by atoms with van der Waals surface area (Å²) < 4.78 is 34.1. The third kappa shape index (κ3) is 10.4. The Morgan fingerprint density at radius 3 is 1.97 bits per heavy atom. The maximum atomic E-state index is 13.9. The number of hydrogen-bond acceptors (Lipinski definition) is 11. The van der Waals surface area contributed by atoms with Gasteiger partial charge in [-0.25, -0.2) is 23.0 Å². The Balaban J connectivity index is 1.08. The second-order valence-electron chi connectivity index (χ2n) is 17.6. The van der Waals surface area contributed by atoms with Gasteiger partial charge in [-0.05, 0) is 66.0 Å². The number of methoxy groups -OCH3 is 2. The number of alkyl carbamates (subject to hydrolysis) is 2. The lowest BCUT2D eigenvalue weighted by Crippen LogP contribution is -2.55. The van der Waals surface area contributed by atoms with Crippen molar-refractivity contribution in [3.63, 3.8) is 0 Å². The van der Waals surface area contributed by atoms with Gasteiger partial charge in [0.05, 0.1) is 50.2 Å². The highest BCUT2D eigenvalue weighted by atomic mass is 32.2. The van der Waals surface area contributed by atoms with E-state index in [1.165, 1.54) is 19.1 Å². The van der Waals surface area contributed by atoms with E-state index in [9.17, 15) is 37.2 Å². The van der Waals surface area contributed by atoms with Gasteiger partial charge in [0.15, 0.2) is 11.6 Å². The first-order valence-corrected chi connectivity index (χ1v) is 23.1. The summed E-state index contributed by atoms with van der Waals surface area (Å²) in [5.41, 5.74) is 3.30. The number of aromatic nitrogens is 2. The number of nitrogens with zero attached hydrogens (tertiary/aromatic N) is 2. The largest absolute Gasteiger partial charge is 0.453 e. The van der Waals surface area contributed by atoms with E-state index in [1.54, 1.807) is 32.2 Å². The highest BCUT2D eigenvalue weighted by Gasteiger charge is 2.52. The van der Waals surface area contributed by atoms with Gasteiger partial charge in [-0.2, -0.15) is 0 Å². The number of benzene rings is 2. The van der Waals surface area contributed by atoms with Crippen LogP contribution in [-0.2, 0) is 33.7 Å². The predicted molar refractivity (Wildman–Crippen MR) is 231 cm³/mol. The fourth-order valence-electron chi connectivity index (χ4n) is 9.09. The van der Waals surface area contributed by atoms with Crippen molar-refractivity contribution >= 4 is 45.4 Å².